The maximum absolute atomic E-state index is 13.6. The predicted octanol–water partition coefficient (Wildman–Crippen LogP) is 5.77. The highest BCUT2D eigenvalue weighted by molar-refractivity contribution is 7.80. The summed E-state index contributed by atoms with van der Waals surface area (Å²) in [5.41, 5.74) is 5.26. The number of aryl methyl sites for hydroxylation is 1. The molecule has 0 aliphatic carbocycles. The highest BCUT2D eigenvalue weighted by atomic mass is 32.1. The first-order valence-corrected chi connectivity index (χ1v) is 12.7. The van der Waals surface area contributed by atoms with Crippen LogP contribution in [0.3, 0.4) is 0 Å². The van der Waals surface area contributed by atoms with Crippen LogP contribution in [0.5, 0.6) is 0 Å². The molecule has 3 heterocycles. The number of benzene rings is 2. The van der Waals surface area contributed by atoms with E-state index in [0.29, 0.717) is 17.3 Å². The molecule has 0 spiro atoms. The monoisotopic (exact) mass is 531 g/mol. The van der Waals surface area contributed by atoms with E-state index in [1.54, 1.807) is 18.3 Å². The number of nitrogens with zero attached hydrogens (tertiary/aromatic N) is 3. The number of halogens is 2. The molecule has 4 aromatic rings. The Bertz CT molecular complexity index is 1460. The summed E-state index contributed by atoms with van der Waals surface area (Å²) in [7, 11) is 0. The van der Waals surface area contributed by atoms with Crippen molar-refractivity contribution in [1.29, 1.82) is 0 Å². The Morgan fingerprint density at radius 1 is 1.03 bits per heavy atom. The molecule has 0 unspecified atom stereocenters. The number of anilines is 1. The highest BCUT2D eigenvalue weighted by Gasteiger charge is 2.41. The smallest absolute Gasteiger partial charge is 0.226 e. The molecule has 2 aromatic carbocycles. The SMILES string of the molecule is Cc1cc([C@H]2[C@@H](c3ccccn3)NC(=S)N2CCC(=O)Nc2ccc(F)cc2)c(C)n1-c1ccc(F)cc1. The van der Waals surface area contributed by atoms with Gasteiger partial charge in [0.1, 0.15) is 11.6 Å². The second-order valence-electron chi connectivity index (χ2n) is 9.26. The Kier molecular flexibility index (Phi) is 7.20. The fraction of sp³-hybridized carbons (Fsp3) is 0.207. The van der Waals surface area contributed by atoms with Crippen molar-refractivity contribution in [1.82, 2.24) is 19.8 Å². The third-order valence-corrected chi connectivity index (χ3v) is 7.13. The van der Waals surface area contributed by atoms with Gasteiger partial charge in [-0.2, -0.15) is 0 Å². The molecule has 0 saturated carbocycles. The highest BCUT2D eigenvalue weighted by Crippen LogP contribution is 2.41. The largest absolute Gasteiger partial charge is 0.352 e. The molecule has 1 fully saturated rings. The van der Waals surface area contributed by atoms with Crippen LogP contribution in [0.25, 0.3) is 5.69 Å². The second-order valence-corrected chi connectivity index (χ2v) is 9.65. The number of pyridine rings is 1. The molecule has 194 valence electrons. The van der Waals surface area contributed by atoms with Gasteiger partial charge in [-0.25, -0.2) is 8.78 Å². The number of rotatable bonds is 7. The average Bonchev–Trinajstić information content (AvgIpc) is 3.39. The van der Waals surface area contributed by atoms with Crippen LogP contribution in [-0.4, -0.2) is 32.0 Å². The molecular weight excluding hydrogens is 504 g/mol. The summed E-state index contributed by atoms with van der Waals surface area (Å²) in [5, 5.41) is 6.76. The lowest BCUT2D eigenvalue weighted by atomic mass is 9.96. The van der Waals surface area contributed by atoms with E-state index in [1.807, 2.05) is 36.9 Å². The molecule has 38 heavy (non-hydrogen) atoms. The Morgan fingerprint density at radius 2 is 1.71 bits per heavy atom. The Balaban J connectivity index is 1.46. The number of aromatic nitrogens is 2. The van der Waals surface area contributed by atoms with E-state index in [2.05, 4.69) is 26.3 Å². The number of hydrogen-bond donors (Lipinski definition) is 2. The minimum atomic E-state index is -0.363. The van der Waals surface area contributed by atoms with E-state index in [9.17, 15) is 13.6 Å². The number of carbonyl (C=O) groups excluding carboxylic acids is 1. The van der Waals surface area contributed by atoms with Gasteiger partial charge in [0.15, 0.2) is 5.11 Å². The van der Waals surface area contributed by atoms with Gasteiger partial charge in [-0.05, 0) is 98.4 Å². The lowest BCUT2D eigenvalue weighted by Crippen LogP contribution is -2.32. The predicted molar refractivity (Wildman–Crippen MR) is 147 cm³/mol. The zero-order valence-corrected chi connectivity index (χ0v) is 21.8. The van der Waals surface area contributed by atoms with Crippen LogP contribution in [0.1, 0.15) is 41.1 Å². The van der Waals surface area contributed by atoms with Gasteiger partial charge < -0.3 is 20.1 Å². The molecule has 2 N–H and O–H groups in total. The Labute approximate surface area is 225 Å². The second kappa shape index (κ2) is 10.7. The molecule has 1 saturated heterocycles. The molecule has 2 atom stereocenters. The molecular formula is C29H27F2N5OS. The molecule has 6 nitrogen and oxygen atoms in total. The molecule has 5 rings (SSSR count). The molecule has 2 aromatic heterocycles. The quantitative estimate of drug-likeness (QED) is 0.297. The lowest BCUT2D eigenvalue weighted by Gasteiger charge is -2.28. The number of thiocarbonyl (C=S) groups is 1. The zero-order valence-electron chi connectivity index (χ0n) is 21.0. The molecule has 0 bridgehead atoms. The number of hydrogen-bond acceptors (Lipinski definition) is 3. The van der Waals surface area contributed by atoms with Crippen molar-refractivity contribution in [3.63, 3.8) is 0 Å². The van der Waals surface area contributed by atoms with Gasteiger partial charge in [0.2, 0.25) is 5.91 Å². The topological polar surface area (TPSA) is 62.2 Å². The molecule has 0 radical (unpaired) electrons. The van der Waals surface area contributed by atoms with Crippen LogP contribution in [-0.2, 0) is 4.79 Å². The van der Waals surface area contributed by atoms with Crippen LogP contribution in [0.2, 0.25) is 0 Å². The lowest BCUT2D eigenvalue weighted by molar-refractivity contribution is -0.116. The summed E-state index contributed by atoms with van der Waals surface area (Å²) >= 11 is 5.75. The first-order valence-electron chi connectivity index (χ1n) is 12.3. The van der Waals surface area contributed by atoms with Crippen molar-refractivity contribution in [2.75, 3.05) is 11.9 Å². The van der Waals surface area contributed by atoms with Crippen molar-refractivity contribution >= 4 is 28.9 Å². The first kappa shape index (κ1) is 25.5. The van der Waals surface area contributed by atoms with E-state index in [0.717, 1.165) is 28.3 Å². The van der Waals surface area contributed by atoms with Gasteiger partial charge in [0, 0.05) is 41.9 Å². The fourth-order valence-corrected chi connectivity index (χ4v) is 5.37. The first-order chi connectivity index (χ1) is 18.3. The van der Waals surface area contributed by atoms with Crippen molar-refractivity contribution in [3.8, 4) is 5.69 Å². The van der Waals surface area contributed by atoms with Gasteiger partial charge in [0.25, 0.3) is 0 Å². The van der Waals surface area contributed by atoms with Crippen LogP contribution >= 0.6 is 12.2 Å². The van der Waals surface area contributed by atoms with Gasteiger partial charge >= 0.3 is 0 Å². The van der Waals surface area contributed by atoms with E-state index < -0.39 is 0 Å². The zero-order chi connectivity index (χ0) is 26.8. The fourth-order valence-electron chi connectivity index (χ4n) is 5.04. The van der Waals surface area contributed by atoms with E-state index in [4.69, 9.17) is 12.2 Å². The summed E-state index contributed by atoms with van der Waals surface area (Å²) in [6.45, 7) is 4.41. The normalized spacial score (nSPS) is 16.9. The van der Waals surface area contributed by atoms with E-state index >= 15 is 0 Å². The average molecular weight is 532 g/mol. The van der Waals surface area contributed by atoms with E-state index in [-0.39, 0.29) is 36.0 Å². The third-order valence-electron chi connectivity index (χ3n) is 6.78. The van der Waals surface area contributed by atoms with Crippen molar-refractivity contribution in [2.45, 2.75) is 32.4 Å². The van der Waals surface area contributed by atoms with Gasteiger partial charge in [-0.15, -0.1) is 0 Å². The van der Waals surface area contributed by atoms with Crippen molar-refractivity contribution < 1.29 is 13.6 Å². The third kappa shape index (κ3) is 5.15. The minimum Gasteiger partial charge on any atom is -0.352 e. The maximum Gasteiger partial charge on any atom is 0.226 e. The van der Waals surface area contributed by atoms with Crippen LogP contribution < -0.4 is 10.6 Å². The Morgan fingerprint density at radius 3 is 2.37 bits per heavy atom. The molecule has 9 heteroatoms. The van der Waals surface area contributed by atoms with Crippen molar-refractivity contribution in [3.05, 3.63) is 113 Å². The summed E-state index contributed by atoms with van der Waals surface area (Å²) in [6.07, 6.45) is 1.93. The number of nitrogens with one attached hydrogen (secondary N) is 2. The van der Waals surface area contributed by atoms with E-state index in [1.165, 1.54) is 36.4 Å². The minimum absolute atomic E-state index is 0.182. The molecule has 1 aliphatic heterocycles. The molecule has 1 amide bonds. The summed E-state index contributed by atoms with van der Waals surface area (Å²) in [6, 6.07) is 19.5. The van der Waals surface area contributed by atoms with Crippen LogP contribution in [0.15, 0.2) is 79.0 Å². The van der Waals surface area contributed by atoms with Crippen LogP contribution in [0.4, 0.5) is 14.5 Å². The standard InChI is InChI=1S/C29H27F2N5OS/c1-18-17-24(19(2)36(18)23-12-8-21(31)9-13-23)28-27(25-5-3-4-15-32-25)34-29(38)35(28)16-14-26(37)33-22-10-6-20(30)7-11-22/h3-13,15,17,27-28H,14,16H2,1-2H3,(H,33,37)(H,34,38)/t27-,28+/m1/s1. The Hall–Kier alpha value is -4.11. The van der Waals surface area contributed by atoms with Crippen molar-refractivity contribution in [2.24, 2.45) is 0 Å². The number of amides is 1. The molecule has 1 aliphatic rings. The van der Waals surface area contributed by atoms with Gasteiger partial charge in [0.05, 0.1) is 17.8 Å². The summed E-state index contributed by atoms with van der Waals surface area (Å²) in [5.74, 6) is -0.851. The summed E-state index contributed by atoms with van der Waals surface area (Å²) in [4.78, 5) is 19.4. The van der Waals surface area contributed by atoms with Crippen LogP contribution in [0, 0.1) is 25.5 Å². The maximum atomic E-state index is 13.6. The van der Waals surface area contributed by atoms with Gasteiger partial charge in [-0.1, -0.05) is 6.07 Å². The summed E-state index contributed by atoms with van der Waals surface area (Å²) < 4.78 is 28.9. The number of carbonyl (C=O) groups is 1. The van der Waals surface area contributed by atoms with Gasteiger partial charge in [-0.3, -0.25) is 9.78 Å².